The normalized spacial score (nSPS) is 16.3. The first-order valence-corrected chi connectivity index (χ1v) is 5.81. The number of amidine groups is 1. The minimum atomic E-state index is 0.313. The summed E-state index contributed by atoms with van der Waals surface area (Å²) in [6.07, 6.45) is 4.60. The quantitative estimate of drug-likeness (QED) is 0.460. The standard InChI is InChI=1S/C11H24N4/c1-14(2)7-3-8-15(10-4-5-10)9-6-11(12)13/h10H,3-9H2,1-2H3,(H3,12,13). The van der Waals surface area contributed by atoms with Gasteiger partial charge < -0.3 is 10.6 Å². The minimum absolute atomic E-state index is 0.313. The van der Waals surface area contributed by atoms with Crippen LogP contribution in [-0.2, 0) is 0 Å². The van der Waals surface area contributed by atoms with Gasteiger partial charge >= 0.3 is 0 Å². The van der Waals surface area contributed by atoms with E-state index in [1.807, 2.05) is 0 Å². The van der Waals surface area contributed by atoms with E-state index in [0.717, 1.165) is 32.1 Å². The molecule has 0 heterocycles. The van der Waals surface area contributed by atoms with Crippen LogP contribution < -0.4 is 5.73 Å². The van der Waals surface area contributed by atoms with Crippen LogP contribution in [-0.4, -0.2) is 55.4 Å². The molecule has 0 aromatic carbocycles. The zero-order valence-electron chi connectivity index (χ0n) is 10.00. The van der Waals surface area contributed by atoms with Gasteiger partial charge in [-0.2, -0.15) is 0 Å². The molecule has 0 saturated heterocycles. The van der Waals surface area contributed by atoms with Crippen molar-refractivity contribution in [2.45, 2.75) is 31.7 Å². The van der Waals surface area contributed by atoms with E-state index in [1.165, 1.54) is 19.3 Å². The summed E-state index contributed by atoms with van der Waals surface area (Å²) in [5, 5.41) is 7.24. The van der Waals surface area contributed by atoms with Crippen molar-refractivity contribution in [2.24, 2.45) is 5.73 Å². The predicted molar refractivity (Wildman–Crippen MR) is 64.3 cm³/mol. The number of hydrogen-bond acceptors (Lipinski definition) is 3. The lowest BCUT2D eigenvalue weighted by molar-refractivity contribution is 0.252. The van der Waals surface area contributed by atoms with E-state index in [9.17, 15) is 0 Å². The first-order valence-electron chi connectivity index (χ1n) is 5.81. The molecule has 0 aromatic rings. The van der Waals surface area contributed by atoms with Gasteiger partial charge in [0.15, 0.2) is 0 Å². The minimum Gasteiger partial charge on any atom is -0.388 e. The van der Waals surface area contributed by atoms with Gasteiger partial charge in [0.1, 0.15) is 0 Å². The van der Waals surface area contributed by atoms with Crippen molar-refractivity contribution in [3.63, 3.8) is 0 Å². The molecule has 0 radical (unpaired) electrons. The first kappa shape index (κ1) is 12.5. The third-order valence-electron chi connectivity index (χ3n) is 2.78. The molecule has 0 aliphatic heterocycles. The summed E-state index contributed by atoms with van der Waals surface area (Å²) in [6, 6.07) is 0.784. The molecule has 0 atom stereocenters. The van der Waals surface area contributed by atoms with Gasteiger partial charge in [0.25, 0.3) is 0 Å². The molecular weight excluding hydrogens is 188 g/mol. The Kier molecular flexibility index (Phi) is 5.05. The number of rotatable bonds is 8. The van der Waals surface area contributed by atoms with Crippen molar-refractivity contribution in [3.8, 4) is 0 Å². The highest BCUT2D eigenvalue weighted by atomic mass is 15.2. The zero-order chi connectivity index (χ0) is 11.3. The summed E-state index contributed by atoms with van der Waals surface area (Å²) < 4.78 is 0. The molecule has 1 rings (SSSR count). The molecule has 15 heavy (non-hydrogen) atoms. The van der Waals surface area contributed by atoms with Crippen LogP contribution in [0.4, 0.5) is 0 Å². The lowest BCUT2D eigenvalue weighted by Gasteiger charge is -2.22. The van der Waals surface area contributed by atoms with Crippen molar-refractivity contribution < 1.29 is 0 Å². The van der Waals surface area contributed by atoms with E-state index in [1.54, 1.807) is 0 Å². The van der Waals surface area contributed by atoms with Crippen LogP contribution >= 0.6 is 0 Å². The van der Waals surface area contributed by atoms with Crippen LogP contribution in [0, 0.1) is 5.41 Å². The molecule has 1 fully saturated rings. The molecular formula is C11H24N4. The van der Waals surface area contributed by atoms with Gasteiger partial charge in [-0.05, 0) is 46.4 Å². The topological polar surface area (TPSA) is 56.4 Å². The Morgan fingerprint density at radius 3 is 2.40 bits per heavy atom. The molecule has 0 spiro atoms. The second kappa shape index (κ2) is 6.08. The van der Waals surface area contributed by atoms with Crippen molar-refractivity contribution >= 4 is 5.84 Å². The summed E-state index contributed by atoms with van der Waals surface area (Å²) in [4.78, 5) is 4.71. The van der Waals surface area contributed by atoms with Crippen molar-refractivity contribution in [3.05, 3.63) is 0 Å². The second-order valence-corrected chi connectivity index (χ2v) is 4.70. The second-order valence-electron chi connectivity index (χ2n) is 4.70. The largest absolute Gasteiger partial charge is 0.388 e. The van der Waals surface area contributed by atoms with E-state index in [4.69, 9.17) is 11.1 Å². The summed E-state index contributed by atoms with van der Waals surface area (Å²) in [7, 11) is 4.22. The van der Waals surface area contributed by atoms with Crippen LogP contribution in [0.3, 0.4) is 0 Å². The SMILES string of the molecule is CN(C)CCCN(CCC(=N)N)C1CC1. The van der Waals surface area contributed by atoms with Gasteiger partial charge in [0, 0.05) is 19.0 Å². The maximum absolute atomic E-state index is 7.24. The van der Waals surface area contributed by atoms with Gasteiger partial charge in [0.2, 0.25) is 0 Å². The Hall–Kier alpha value is -0.610. The molecule has 4 nitrogen and oxygen atoms in total. The van der Waals surface area contributed by atoms with Gasteiger partial charge in [-0.3, -0.25) is 10.3 Å². The van der Waals surface area contributed by atoms with Crippen molar-refractivity contribution in [1.29, 1.82) is 5.41 Å². The third kappa shape index (κ3) is 5.74. The Morgan fingerprint density at radius 1 is 1.27 bits per heavy atom. The zero-order valence-corrected chi connectivity index (χ0v) is 10.00. The van der Waals surface area contributed by atoms with Crippen LogP contribution in [0.1, 0.15) is 25.7 Å². The van der Waals surface area contributed by atoms with Crippen LogP contribution in [0.25, 0.3) is 0 Å². The highest BCUT2D eigenvalue weighted by Crippen LogP contribution is 2.26. The molecule has 1 aliphatic carbocycles. The Labute approximate surface area is 92.9 Å². The van der Waals surface area contributed by atoms with Crippen molar-refractivity contribution in [2.75, 3.05) is 33.7 Å². The van der Waals surface area contributed by atoms with Gasteiger partial charge in [0.05, 0.1) is 5.84 Å². The molecule has 4 heteroatoms. The lowest BCUT2D eigenvalue weighted by Crippen LogP contribution is -2.32. The molecule has 0 bridgehead atoms. The van der Waals surface area contributed by atoms with E-state index >= 15 is 0 Å². The van der Waals surface area contributed by atoms with E-state index in [-0.39, 0.29) is 0 Å². The van der Waals surface area contributed by atoms with Gasteiger partial charge in [-0.15, -0.1) is 0 Å². The summed E-state index contributed by atoms with van der Waals surface area (Å²) in [5.74, 6) is 0.313. The summed E-state index contributed by atoms with van der Waals surface area (Å²) in [5.41, 5.74) is 5.39. The fourth-order valence-corrected chi connectivity index (χ4v) is 1.77. The van der Waals surface area contributed by atoms with E-state index in [0.29, 0.717) is 5.84 Å². The highest BCUT2D eigenvalue weighted by Gasteiger charge is 2.28. The number of nitrogens with two attached hydrogens (primary N) is 1. The predicted octanol–water partition coefficient (Wildman–Crippen LogP) is 0.729. The Bertz CT molecular complexity index is 199. The molecule has 1 saturated carbocycles. The molecule has 1 aliphatic rings. The van der Waals surface area contributed by atoms with Crippen LogP contribution in [0.5, 0.6) is 0 Å². The maximum atomic E-state index is 7.24. The average molecular weight is 212 g/mol. The highest BCUT2D eigenvalue weighted by molar-refractivity contribution is 5.76. The monoisotopic (exact) mass is 212 g/mol. The Balaban J connectivity index is 2.15. The molecule has 0 unspecified atom stereocenters. The first-order chi connectivity index (χ1) is 7.09. The fraction of sp³-hybridized carbons (Fsp3) is 0.909. The molecule has 88 valence electrons. The van der Waals surface area contributed by atoms with E-state index in [2.05, 4.69) is 23.9 Å². The average Bonchev–Trinajstić information content (AvgIpc) is 2.93. The third-order valence-corrected chi connectivity index (χ3v) is 2.78. The lowest BCUT2D eigenvalue weighted by atomic mass is 10.3. The smallest absolute Gasteiger partial charge is 0.0918 e. The number of nitrogens with zero attached hydrogens (tertiary/aromatic N) is 2. The summed E-state index contributed by atoms with van der Waals surface area (Å²) in [6.45, 7) is 3.26. The van der Waals surface area contributed by atoms with Gasteiger partial charge in [-0.25, -0.2) is 0 Å². The molecule has 0 aromatic heterocycles. The maximum Gasteiger partial charge on any atom is 0.0918 e. The molecule has 3 N–H and O–H groups in total. The number of hydrogen-bond donors (Lipinski definition) is 2. The summed E-state index contributed by atoms with van der Waals surface area (Å²) >= 11 is 0. The van der Waals surface area contributed by atoms with Crippen LogP contribution in [0.15, 0.2) is 0 Å². The van der Waals surface area contributed by atoms with Crippen molar-refractivity contribution in [1.82, 2.24) is 9.80 Å². The van der Waals surface area contributed by atoms with E-state index < -0.39 is 0 Å². The van der Waals surface area contributed by atoms with Crippen LogP contribution in [0.2, 0.25) is 0 Å². The molecule has 0 amide bonds. The Morgan fingerprint density at radius 2 is 1.93 bits per heavy atom. The number of nitrogens with one attached hydrogen (secondary N) is 1. The fourth-order valence-electron chi connectivity index (χ4n) is 1.77. The van der Waals surface area contributed by atoms with Gasteiger partial charge in [-0.1, -0.05) is 0 Å².